The van der Waals surface area contributed by atoms with Gasteiger partial charge in [0.15, 0.2) is 11.5 Å². The van der Waals surface area contributed by atoms with Crippen LogP contribution in [-0.4, -0.2) is 33.4 Å². The lowest BCUT2D eigenvalue weighted by Crippen LogP contribution is -2.34. The van der Waals surface area contributed by atoms with Crippen LogP contribution in [0.2, 0.25) is 10.0 Å². The van der Waals surface area contributed by atoms with E-state index in [1.807, 2.05) is 0 Å². The Hall–Kier alpha value is -2.66. The normalized spacial score (nSPS) is 13.9. The van der Waals surface area contributed by atoms with Gasteiger partial charge >= 0.3 is 6.18 Å². The number of aromatic nitrogens is 4. The molecule has 0 saturated carbocycles. The lowest BCUT2D eigenvalue weighted by molar-refractivity contribution is -0.146. The molecule has 0 unspecified atom stereocenters. The van der Waals surface area contributed by atoms with Gasteiger partial charge in [0.2, 0.25) is 0 Å². The first-order valence-corrected chi connectivity index (χ1v) is 8.90. The van der Waals surface area contributed by atoms with Gasteiger partial charge < -0.3 is 14.7 Å². The third kappa shape index (κ3) is 3.79. The number of hydrogen-bond donors (Lipinski definition) is 1. The Bertz CT molecular complexity index is 1070. The first-order chi connectivity index (χ1) is 13.7. The van der Waals surface area contributed by atoms with E-state index in [1.54, 1.807) is 4.90 Å². The second kappa shape index (κ2) is 7.30. The quantitative estimate of drug-likeness (QED) is 0.469. The lowest BCUT2D eigenvalue weighted by Gasteiger charge is -2.31. The van der Waals surface area contributed by atoms with Crippen molar-refractivity contribution in [3.8, 4) is 11.6 Å². The first kappa shape index (κ1) is 19.6. The van der Waals surface area contributed by atoms with Crippen molar-refractivity contribution in [3.05, 3.63) is 45.4 Å². The predicted octanol–water partition coefficient (Wildman–Crippen LogP) is 4.42. The molecule has 1 N–H and O–H groups in total. The lowest BCUT2D eigenvalue weighted by atomic mass is 10.1. The Balaban J connectivity index is 1.69. The van der Waals surface area contributed by atoms with Crippen molar-refractivity contribution < 1.29 is 22.1 Å². The number of nitrogens with one attached hydrogen (secondary N) is 1. The summed E-state index contributed by atoms with van der Waals surface area (Å²) in [6.45, 7) is 1.12. The van der Waals surface area contributed by atoms with Gasteiger partial charge in [0.05, 0.1) is 10.7 Å². The molecule has 13 heteroatoms. The molecule has 4 rings (SSSR count). The molecule has 0 saturated heterocycles. The van der Waals surface area contributed by atoms with Gasteiger partial charge in [-0.25, -0.2) is 4.39 Å². The number of benzene rings is 1. The average Bonchev–Trinajstić information content (AvgIpc) is 3.19. The molecule has 0 radical (unpaired) electrons. The molecular weight excluding hydrogens is 439 g/mol. The monoisotopic (exact) mass is 448 g/mol. The second-order valence-electron chi connectivity index (χ2n) is 6.05. The van der Waals surface area contributed by atoms with Crippen LogP contribution in [0.5, 0.6) is 0 Å². The van der Waals surface area contributed by atoms with Gasteiger partial charge in [0.1, 0.15) is 5.82 Å². The van der Waals surface area contributed by atoms with Crippen LogP contribution in [0.3, 0.4) is 0 Å². The van der Waals surface area contributed by atoms with Gasteiger partial charge in [-0.15, -0.1) is 10.2 Å². The molecule has 3 aromatic rings. The van der Waals surface area contributed by atoms with Crippen LogP contribution in [0.25, 0.3) is 11.6 Å². The topological polar surface area (TPSA) is 80.0 Å². The fraction of sp³-hybridized carbons (Fsp3) is 0.250. The van der Waals surface area contributed by atoms with Crippen molar-refractivity contribution in [1.82, 2.24) is 20.3 Å². The van der Waals surface area contributed by atoms with Crippen molar-refractivity contribution in [2.45, 2.75) is 12.7 Å². The summed E-state index contributed by atoms with van der Waals surface area (Å²) in [6, 6.07) is 4.01. The zero-order valence-corrected chi connectivity index (χ0v) is 15.8. The van der Waals surface area contributed by atoms with Crippen molar-refractivity contribution in [3.63, 3.8) is 0 Å². The van der Waals surface area contributed by atoms with Gasteiger partial charge in [0.25, 0.3) is 11.7 Å². The molecule has 152 valence electrons. The van der Waals surface area contributed by atoms with E-state index in [9.17, 15) is 17.6 Å². The van der Waals surface area contributed by atoms with Crippen molar-refractivity contribution in [2.24, 2.45) is 0 Å². The number of anilines is 2. The maximum atomic E-state index is 13.8. The van der Waals surface area contributed by atoms with E-state index in [4.69, 9.17) is 23.2 Å². The third-order valence-corrected chi connectivity index (χ3v) is 4.94. The molecule has 2 aromatic heterocycles. The van der Waals surface area contributed by atoms with Crippen molar-refractivity contribution in [1.29, 1.82) is 0 Å². The first-order valence-electron chi connectivity index (χ1n) is 8.14. The van der Waals surface area contributed by atoms with E-state index in [0.29, 0.717) is 30.2 Å². The van der Waals surface area contributed by atoms with E-state index in [0.717, 1.165) is 6.07 Å². The smallest absolute Gasteiger partial charge is 0.365 e. The van der Waals surface area contributed by atoms with E-state index in [1.165, 1.54) is 12.1 Å². The molecule has 0 bridgehead atoms. The maximum absolute atomic E-state index is 13.8. The van der Waals surface area contributed by atoms with E-state index in [2.05, 4.69) is 30.2 Å². The summed E-state index contributed by atoms with van der Waals surface area (Å²) in [5.41, 5.74) is 0.818. The summed E-state index contributed by atoms with van der Waals surface area (Å²) >= 11 is 12.2. The minimum Gasteiger partial charge on any atom is -0.365 e. The van der Waals surface area contributed by atoms with E-state index in [-0.39, 0.29) is 22.3 Å². The molecular formula is C16H10Cl2F4N6O. The second-order valence-corrected chi connectivity index (χ2v) is 6.84. The highest BCUT2D eigenvalue weighted by Crippen LogP contribution is 2.35. The highest BCUT2D eigenvalue weighted by atomic mass is 35.5. The molecule has 1 aromatic carbocycles. The van der Waals surface area contributed by atoms with Crippen LogP contribution >= 0.6 is 23.2 Å². The molecule has 0 amide bonds. The summed E-state index contributed by atoms with van der Waals surface area (Å²) in [5.74, 6) is -2.07. The number of halogens is 6. The molecule has 0 aliphatic carbocycles. The van der Waals surface area contributed by atoms with Gasteiger partial charge in [-0.3, -0.25) is 0 Å². The minimum atomic E-state index is -4.75. The van der Waals surface area contributed by atoms with Crippen molar-refractivity contribution >= 4 is 34.7 Å². The highest BCUT2D eigenvalue weighted by molar-refractivity contribution is 6.36. The fourth-order valence-corrected chi connectivity index (χ4v) is 3.28. The van der Waals surface area contributed by atoms with Crippen molar-refractivity contribution in [2.75, 3.05) is 23.3 Å². The Labute approximate surface area is 170 Å². The third-order valence-electron chi connectivity index (χ3n) is 4.18. The largest absolute Gasteiger partial charge is 0.455 e. The summed E-state index contributed by atoms with van der Waals surface area (Å²) in [5, 5.41) is 13.9. The summed E-state index contributed by atoms with van der Waals surface area (Å²) in [6.07, 6.45) is -4.75. The molecule has 3 heterocycles. The molecule has 1 aliphatic heterocycles. The molecule has 1 aliphatic rings. The molecule has 7 nitrogen and oxygen atoms in total. The highest BCUT2D eigenvalue weighted by Gasteiger charge is 2.37. The van der Waals surface area contributed by atoms with Gasteiger partial charge in [0, 0.05) is 30.2 Å². The summed E-state index contributed by atoms with van der Waals surface area (Å²) < 4.78 is 56.6. The Morgan fingerprint density at radius 1 is 1.21 bits per heavy atom. The SMILES string of the molecule is Fc1ccc(Cl)c(CN2CCNc3nnc(-c4nc(C(F)(F)F)no4)cc32)c1Cl. The summed E-state index contributed by atoms with van der Waals surface area (Å²) in [7, 11) is 0. The van der Waals surface area contributed by atoms with Gasteiger partial charge in [-0.05, 0) is 18.2 Å². The predicted molar refractivity (Wildman–Crippen MR) is 96.3 cm³/mol. The van der Waals surface area contributed by atoms with Crippen LogP contribution < -0.4 is 10.2 Å². The number of rotatable bonds is 3. The Morgan fingerprint density at radius 3 is 2.72 bits per heavy atom. The zero-order chi connectivity index (χ0) is 20.8. The molecule has 0 atom stereocenters. The fourth-order valence-electron chi connectivity index (χ4n) is 2.79. The molecule has 0 spiro atoms. The number of alkyl halides is 3. The molecule has 29 heavy (non-hydrogen) atoms. The van der Waals surface area contributed by atoms with Crippen LogP contribution in [-0.2, 0) is 12.7 Å². The Morgan fingerprint density at radius 2 is 2.00 bits per heavy atom. The number of hydrogen-bond acceptors (Lipinski definition) is 7. The number of fused-ring (bicyclic) bond motifs is 1. The summed E-state index contributed by atoms with van der Waals surface area (Å²) in [4.78, 5) is 5.10. The molecule has 0 fully saturated rings. The standard InChI is InChI=1S/C16H10Cl2F4N6O/c17-8-1-2-9(19)12(18)7(8)6-28-4-3-23-13-11(28)5-10(25-26-13)14-24-15(27-29-14)16(20,21)22/h1-2,5H,3-4,6H2,(H,23,26). The van der Waals surface area contributed by atoms with Crippen LogP contribution in [0.15, 0.2) is 22.7 Å². The average molecular weight is 449 g/mol. The minimum absolute atomic E-state index is 0.0445. The maximum Gasteiger partial charge on any atom is 0.455 e. The Kier molecular flexibility index (Phi) is 4.95. The van der Waals surface area contributed by atoms with Crippen LogP contribution in [0, 0.1) is 5.82 Å². The van der Waals surface area contributed by atoms with Gasteiger partial charge in [-0.1, -0.05) is 28.4 Å². The van der Waals surface area contributed by atoms with Crippen LogP contribution in [0.1, 0.15) is 11.4 Å². The zero-order valence-electron chi connectivity index (χ0n) is 14.3. The van der Waals surface area contributed by atoms with E-state index < -0.39 is 23.7 Å². The van der Waals surface area contributed by atoms with Crippen LogP contribution in [0.4, 0.5) is 29.1 Å². The van der Waals surface area contributed by atoms with Gasteiger partial charge in [-0.2, -0.15) is 18.2 Å². The van der Waals surface area contributed by atoms with E-state index >= 15 is 0 Å². The number of nitrogens with zero attached hydrogens (tertiary/aromatic N) is 5.